The van der Waals surface area contributed by atoms with Gasteiger partial charge in [0, 0.05) is 30.4 Å². The van der Waals surface area contributed by atoms with Gasteiger partial charge < -0.3 is 20.5 Å². The number of benzene rings is 1. The molecule has 3 N–H and O–H groups in total. The van der Waals surface area contributed by atoms with Crippen molar-refractivity contribution in [1.82, 2.24) is 10.2 Å². The van der Waals surface area contributed by atoms with Gasteiger partial charge in [-0.2, -0.15) is 8.78 Å². The summed E-state index contributed by atoms with van der Waals surface area (Å²) in [5.41, 5.74) is 0.901. The Labute approximate surface area is 162 Å². The molecule has 0 saturated heterocycles. The number of aliphatic carboxylic acids is 1. The molecule has 2 aliphatic carbocycles. The number of nitrogens with one attached hydrogen (secondary N) is 2. The summed E-state index contributed by atoms with van der Waals surface area (Å²) in [5.74, 6) is -0.224. The zero-order chi connectivity index (χ0) is 20.3. The molecule has 154 valence electrons. The van der Waals surface area contributed by atoms with Crippen molar-refractivity contribution in [2.45, 2.75) is 51.3 Å². The first-order chi connectivity index (χ1) is 13.3. The standard InChI is InChI=1S/C19H25F2N3O4/c1-11-2-5-13(8-16(11)28-18(20)21)22-19(27)23-14-6-15(7-14)24(10-17(25)26)9-12-3-4-12/h2,5,8,12,14-15,18H,3-4,6-7,9-10H2,1H3,(H,25,26)(H2,22,23,27). The summed E-state index contributed by atoms with van der Waals surface area (Å²) >= 11 is 0. The number of aryl methyl sites for hydroxylation is 1. The van der Waals surface area contributed by atoms with Crippen LogP contribution in [0.4, 0.5) is 19.3 Å². The van der Waals surface area contributed by atoms with Crippen LogP contribution in [0, 0.1) is 12.8 Å². The summed E-state index contributed by atoms with van der Waals surface area (Å²) < 4.78 is 29.3. The van der Waals surface area contributed by atoms with E-state index in [1.807, 2.05) is 4.90 Å². The van der Waals surface area contributed by atoms with Crippen molar-refractivity contribution in [1.29, 1.82) is 0 Å². The van der Waals surface area contributed by atoms with Crippen LogP contribution in [0.2, 0.25) is 0 Å². The molecule has 0 atom stereocenters. The SMILES string of the molecule is Cc1ccc(NC(=O)NC2CC(N(CC(=O)O)CC3CC3)C2)cc1OC(F)F. The predicted octanol–water partition coefficient (Wildman–Crippen LogP) is 3.05. The molecule has 2 amide bonds. The lowest BCUT2D eigenvalue weighted by molar-refractivity contribution is -0.139. The van der Waals surface area contributed by atoms with Gasteiger partial charge in [-0.05, 0) is 50.2 Å². The second kappa shape index (κ2) is 8.72. The minimum absolute atomic E-state index is 0.0147. The van der Waals surface area contributed by atoms with E-state index in [1.54, 1.807) is 19.1 Å². The van der Waals surface area contributed by atoms with Gasteiger partial charge in [0.2, 0.25) is 0 Å². The molecule has 3 rings (SSSR count). The number of carbonyl (C=O) groups is 2. The Bertz CT molecular complexity index is 721. The Balaban J connectivity index is 1.46. The third-order valence-electron chi connectivity index (χ3n) is 5.15. The third kappa shape index (κ3) is 5.79. The van der Waals surface area contributed by atoms with E-state index in [1.165, 1.54) is 6.07 Å². The van der Waals surface area contributed by atoms with Crippen LogP contribution in [-0.4, -0.2) is 53.8 Å². The monoisotopic (exact) mass is 397 g/mol. The highest BCUT2D eigenvalue weighted by Gasteiger charge is 2.37. The normalized spacial score (nSPS) is 21.3. The topological polar surface area (TPSA) is 90.9 Å². The van der Waals surface area contributed by atoms with Gasteiger partial charge in [0.1, 0.15) is 5.75 Å². The summed E-state index contributed by atoms with van der Waals surface area (Å²) in [6.07, 6.45) is 3.70. The Kier molecular flexibility index (Phi) is 6.33. The fourth-order valence-corrected chi connectivity index (χ4v) is 3.41. The molecular weight excluding hydrogens is 372 g/mol. The molecule has 9 heteroatoms. The molecule has 0 radical (unpaired) electrons. The molecule has 0 aromatic heterocycles. The lowest BCUT2D eigenvalue weighted by atomic mass is 9.85. The van der Waals surface area contributed by atoms with Gasteiger partial charge in [-0.25, -0.2) is 4.79 Å². The molecule has 1 aromatic rings. The van der Waals surface area contributed by atoms with E-state index in [9.17, 15) is 18.4 Å². The first-order valence-corrected chi connectivity index (χ1v) is 9.39. The predicted molar refractivity (Wildman–Crippen MR) is 98.7 cm³/mol. The summed E-state index contributed by atoms with van der Waals surface area (Å²) in [5, 5.41) is 14.5. The molecule has 0 unspecified atom stereocenters. The molecule has 2 saturated carbocycles. The van der Waals surface area contributed by atoms with Crippen molar-refractivity contribution in [3.8, 4) is 5.75 Å². The van der Waals surface area contributed by atoms with Gasteiger partial charge in [0.25, 0.3) is 0 Å². The maximum Gasteiger partial charge on any atom is 0.387 e. The number of carboxylic acid groups (broad SMARTS) is 1. The number of carbonyl (C=O) groups excluding carboxylic acids is 1. The number of alkyl halides is 2. The van der Waals surface area contributed by atoms with E-state index in [0.717, 1.165) is 19.4 Å². The number of rotatable bonds is 9. The summed E-state index contributed by atoms with van der Waals surface area (Å²) in [6.45, 7) is -0.470. The van der Waals surface area contributed by atoms with Crippen LogP contribution in [-0.2, 0) is 4.79 Å². The molecule has 7 nitrogen and oxygen atoms in total. The van der Waals surface area contributed by atoms with E-state index >= 15 is 0 Å². The number of hydrogen-bond acceptors (Lipinski definition) is 4. The van der Waals surface area contributed by atoms with E-state index < -0.39 is 18.6 Å². The number of carboxylic acids is 1. The zero-order valence-corrected chi connectivity index (χ0v) is 15.7. The second-order valence-corrected chi connectivity index (χ2v) is 7.55. The maximum atomic E-state index is 12.4. The van der Waals surface area contributed by atoms with E-state index in [4.69, 9.17) is 5.11 Å². The van der Waals surface area contributed by atoms with Crippen LogP contribution in [0.3, 0.4) is 0 Å². The second-order valence-electron chi connectivity index (χ2n) is 7.55. The highest BCUT2D eigenvalue weighted by Crippen LogP contribution is 2.33. The van der Waals surface area contributed by atoms with Crippen LogP contribution in [0.25, 0.3) is 0 Å². The van der Waals surface area contributed by atoms with Crippen molar-refractivity contribution in [3.05, 3.63) is 23.8 Å². The number of amides is 2. The summed E-state index contributed by atoms with van der Waals surface area (Å²) in [4.78, 5) is 25.2. The Hall–Kier alpha value is -2.42. The van der Waals surface area contributed by atoms with Gasteiger partial charge in [0.15, 0.2) is 0 Å². The van der Waals surface area contributed by atoms with Crippen molar-refractivity contribution in [3.63, 3.8) is 0 Å². The van der Waals surface area contributed by atoms with Crippen LogP contribution < -0.4 is 15.4 Å². The van der Waals surface area contributed by atoms with Crippen LogP contribution in [0.1, 0.15) is 31.2 Å². The average Bonchev–Trinajstić information content (AvgIpc) is 3.36. The van der Waals surface area contributed by atoms with Crippen molar-refractivity contribution < 1.29 is 28.2 Å². The lowest BCUT2D eigenvalue weighted by Crippen LogP contribution is -2.55. The highest BCUT2D eigenvalue weighted by atomic mass is 19.3. The number of hydrogen-bond donors (Lipinski definition) is 3. The fourth-order valence-electron chi connectivity index (χ4n) is 3.41. The van der Waals surface area contributed by atoms with Crippen molar-refractivity contribution in [2.75, 3.05) is 18.4 Å². The summed E-state index contributed by atoms with van der Waals surface area (Å²) in [7, 11) is 0. The quantitative estimate of drug-likeness (QED) is 0.596. The molecule has 1 aromatic carbocycles. The molecule has 2 aliphatic rings. The third-order valence-corrected chi connectivity index (χ3v) is 5.15. The van der Waals surface area contributed by atoms with Gasteiger partial charge in [-0.1, -0.05) is 6.07 Å². The first kappa shape index (κ1) is 20.3. The van der Waals surface area contributed by atoms with Crippen molar-refractivity contribution in [2.24, 2.45) is 5.92 Å². The largest absolute Gasteiger partial charge is 0.480 e. The molecule has 0 bridgehead atoms. The minimum atomic E-state index is -2.93. The maximum absolute atomic E-state index is 12.4. The van der Waals surface area contributed by atoms with E-state index in [0.29, 0.717) is 30.0 Å². The first-order valence-electron chi connectivity index (χ1n) is 9.39. The van der Waals surface area contributed by atoms with Crippen LogP contribution in [0.15, 0.2) is 18.2 Å². The molecule has 0 spiro atoms. The van der Waals surface area contributed by atoms with Crippen molar-refractivity contribution >= 4 is 17.7 Å². The Morgan fingerprint density at radius 3 is 2.64 bits per heavy atom. The molecule has 0 aliphatic heterocycles. The Morgan fingerprint density at radius 1 is 1.32 bits per heavy atom. The minimum Gasteiger partial charge on any atom is -0.480 e. The van der Waals surface area contributed by atoms with Gasteiger partial charge in [0.05, 0.1) is 6.54 Å². The average molecular weight is 397 g/mol. The van der Waals surface area contributed by atoms with Crippen LogP contribution in [0.5, 0.6) is 5.75 Å². The number of ether oxygens (including phenoxy) is 1. The molecular formula is C19H25F2N3O4. The lowest BCUT2D eigenvalue weighted by Gasteiger charge is -2.42. The number of halogens is 2. The van der Waals surface area contributed by atoms with E-state index in [2.05, 4.69) is 15.4 Å². The highest BCUT2D eigenvalue weighted by molar-refractivity contribution is 5.89. The zero-order valence-electron chi connectivity index (χ0n) is 15.7. The Morgan fingerprint density at radius 2 is 2.04 bits per heavy atom. The number of anilines is 1. The van der Waals surface area contributed by atoms with E-state index in [-0.39, 0.29) is 24.4 Å². The molecule has 0 heterocycles. The number of nitrogens with zero attached hydrogens (tertiary/aromatic N) is 1. The molecule has 2 fully saturated rings. The fraction of sp³-hybridized carbons (Fsp3) is 0.579. The van der Waals surface area contributed by atoms with Gasteiger partial charge >= 0.3 is 18.6 Å². The number of urea groups is 1. The summed E-state index contributed by atoms with van der Waals surface area (Å²) in [6, 6.07) is 4.25. The molecule has 28 heavy (non-hydrogen) atoms. The smallest absolute Gasteiger partial charge is 0.387 e. The van der Waals surface area contributed by atoms with Gasteiger partial charge in [-0.15, -0.1) is 0 Å². The van der Waals surface area contributed by atoms with Crippen LogP contribution >= 0.6 is 0 Å². The van der Waals surface area contributed by atoms with Gasteiger partial charge in [-0.3, -0.25) is 9.69 Å².